The van der Waals surface area contributed by atoms with Crippen LogP contribution in [0.3, 0.4) is 0 Å². The van der Waals surface area contributed by atoms with Crippen LogP contribution in [0.15, 0.2) is 11.3 Å². The molecule has 1 aliphatic heterocycles. The number of nitrogens with one attached hydrogen (secondary N) is 1. The van der Waals surface area contributed by atoms with E-state index in [1.165, 1.54) is 11.1 Å². The average molecular weight is 337 g/mol. The van der Waals surface area contributed by atoms with E-state index in [-0.39, 0.29) is 24.0 Å². The number of guanidine groups is 1. The van der Waals surface area contributed by atoms with Gasteiger partial charge in [0.05, 0.1) is 13.1 Å². The Morgan fingerprint density at radius 2 is 2.44 bits per heavy atom. The molecule has 0 radical (unpaired) electrons. The largest absolute Gasteiger partial charge is 0.352 e. The lowest BCUT2D eigenvalue weighted by Crippen LogP contribution is -2.28. The molecule has 1 aromatic rings. The van der Waals surface area contributed by atoms with Gasteiger partial charge in [0.15, 0.2) is 12.3 Å². The minimum atomic E-state index is 0. The van der Waals surface area contributed by atoms with E-state index < -0.39 is 0 Å². The Kier molecular flexibility index (Phi) is 4.90. The molecule has 90 valence electrons. The third kappa shape index (κ3) is 3.29. The monoisotopic (exact) mass is 337 g/mol. The second-order valence-corrected chi connectivity index (χ2v) is 3.66. The molecule has 0 amide bonds. The fourth-order valence-electron chi connectivity index (χ4n) is 1.58. The number of aliphatic imine (C=N–C) groups is 1. The van der Waals surface area contributed by atoms with Crippen LogP contribution >= 0.6 is 24.0 Å². The summed E-state index contributed by atoms with van der Waals surface area (Å²) in [5, 5.41) is 14.6. The van der Waals surface area contributed by atoms with Crippen molar-refractivity contribution in [3.05, 3.63) is 6.33 Å². The van der Waals surface area contributed by atoms with Crippen LogP contribution in [0.5, 0.6) is 0 Å². The highest BCUT2D eigenvalue weighted by Crippen LogP contribution is 1.99. The number of nitrogens with zero attached hydrogens (tertiary/aromatic N) is 6. The third-order valence-corrected chi connectivity index (χ3v) is 2.24. The summed E-state index contributed by atoms with van der Waals surface area (Å²) in [6, 6.07) is 0.471. The van der Waals surface area contributed by atoms with Gasteiger partial charge in [-0.15, -0.1) is 34.2 Å². The standard InChI is InChI=1S/C8H15N7.HI/c1-7-5-14(2)8(12-7)9-3-4-15-11-6-10-13-15;/h6-7H,3-5H2,1-2H3,(H,9,12);1H. The molecule has 7 nitrogen and oxygen atoms in total. The van der Waals surface area contributed by atoms with E-state index in [4.69, 9.17) is 0 Å². The van der Waals surface area contributed by atoms with Crippen LogP contribution in [0.2, 0.25) is 0 Å². The van der Waals surface area contributed by atoms with Crippen LogP contribution in [0.4, 0.5) is 0 Å². The van der Waals surface area contributed by atoms with Crippen LogP contribution in [-0.2, 0) is 6.54 Å². The smallest absolute Gasteiger partial charge is 0.194 e. The van der Waals surface area contributed by atoms with Crippen LogP contribution < -0.4 is 5.32 Å². The number of rotatable bonds is 3. The number of likely N-dealkylation sites (N-methyl/N-ethyl adjacent to an activating group) is 1. The van der Waals surface area contributed by atoms with Crippen molar-refractivity contribution >= 4 is 29.9 Å². The predicted octanol–water partition coefficient (Wildman–Crippen LogP) is -0.429. The molecule has 0 saturated carbocycles. The summed E-state index contributed by atoms with van der Waals surface area (Å²) in [5.74, 6) is 0.947. The second kappa shape index (κ2) is 5.97. The summed E-state index contributed by atoms with van der Waals surface area (Å²) in [7, 11) is 2.03. The fraction of sp³-hybridized carbons (Fsp3) is 0.750. The summed E-state index contributed by atoms with van der Waals surface area (Å²) in [4.78, 5) is 8.07. The Bertz CT molecular complexity index is 336. The van der Waals surface area contributed by atoms with Gasteiger partial charge in [0, 0.05) is 19.6 Å². The summed E-state index contributed by atoms with van der Waals surface area (Å²) in [5.41, 5.74) is 0. The van der Waals surface area contributed by atoms with Crippen LogP contribution in [0, 0.1) is 0 Å². The van der Waals surface area contributed by atoms with E-state index in [1.54, 1.807) is 0 Å². The quantitative estimate of drug-likeness (QED) is 0.758. The van der Waals surface area contributed by atoms with Crippen molar-refractivity contribution in [1.82, 2.24) is 30.4 Å². The molecule has 1 N–H and O–H groups in total. The molecule has 2 rings (SSSR count). The van der Waals surface area contributed by atoms with Crippen LogP contribution in [0.25, 0.3) is 0 Å². The van der Waals surface area contributed by atoms with E-state index in [0.29, 0.717) is 19.1 Å². The van der Waals surface area contributed by atoms with Crippen molar-refractivity contribution in [2.45, 2.75) is 19.5 Å². The zero-order valence-corrected chi connectivity index (χ0v) is 11.7. The van der Waals surface area contributed by atoms with E-state index in [0.717, 1.165) is 12.5 Å². The first-order valence-corrected chi connectivity index (χ1v) is 4.98. The lowest BCUT2D eigenvalue weighted by atomic mass is 10.4. The van der Waals surface area contributed by atoms with Crippen molar-refractivity contribution < 1.29 is 0 Å². The first kappa shape index (κ1) is 13.1. The lowest BCUT2D eigenvalue weighted by molar-refractivity contribution is 0.511. The van der Waals surface area contributed by atoms with Crippen molar-refractivity contribution in [1.29, 1.82) is 0 Å². The van der Waals surface area contributed by atoms with Gasteiger partial charge in [-0.3, -0.25) is 4.99 Å². The highest BCUT2D eigenvalue weighted by molar-refractivity contribution is 14.0. The van der Waals surface area contributed by atoms with Crippen molar-refractivity contribution in [2.75, 3.05) is 20.1 Å². The Morgan fingerprint density at radius 3 is 3.00 bits per heavy atom. The molecular formula is C8H16IN7. The summed E-state index contributed by atoms with van der Waals surface area (Å²) < 4.78 is 0. The van der Waals surface area contributed by atoms with E-state index in [9.17, 15) is 0 Å². The SMILES string of the molecule is CC1CN(C)C(=NCCn2ncnn2)N1.I. The van der Waals surface area contributed by atoms with Gasteiger partial charge >= 0.3 is 0 Å². The summed E-state index contributed by atoms with van der Waals surface area (Å²) in [6.45, 7) is 4.46. The molecule has 0 bridgehead atoms. The topological polar surface area (TPSA) is 71.2 Å². The molecule has 1 aromatic heterocycles. The lowest BCUT2D eigenvalue weighted by Gasteiger charge is -2.09. The third-order valence-electron chi connectivity index (χ3n) is 2.24. The Balaban J connectivity index is 0.00000128. The van der Waals surface area contributed by atoms with Gasteiger partial charge in [-0.1, -0.05) is 0 Å². The molecular weight excluding hydrogens is 321 g/mol. The van der Waals surface area contributed by atoms with Gasteiger partial charge in [0.1, 0.15) is 0 Å². The normalized spacial score (nSPS) is 22.0. The molecule has 1 unspecified atom stereocenters. The first-order chi connectivity index (χ1) is 7.25. The van der Waals surface area contributed by atoms with Gasteiger partial charge in [-0.2, -0.15) is 4.80 Å². The highest BCUT2D eigenvalue weighted by atomic mass is 127. The van der Waals surface area contributed by atoms with Crippen molar-refractivity contribution in [3.63, 3.8) is 0 Å². The Hall–Kier alpha value is -0.930. The van der Waals surface area contributed by atoms with Crippen LogP contribution in [-0.4, -0.2) is 57.2 Å². The highest BCUT2D eigenvalue weighted by Gasteiger charge is 2.19. The molecule has 1 atom stereocenters. The van der Waals surface area contributed by atoms with E-state index in [1.807, 2.05) is 7.05 Å². The molecule has 16 heavy (non-hydrogen) atoms. The second-order valence-electron chi connectivity index (χ2n) is 3.66. The maximum absolute atomic E-state index is 4.43. The Labute approximate surface area is 111 Å². The molecule has 2 heterocycles. The maximum atomic E-state index is 4.43. The Morgan fingerprint density at radius 1 is 1.62 bits per heavy atom. The van der Waals surface area contributed by atoms with Crippen molar-refractivity contribution in [2.24, 2.45) is 4.99 Å². The van der Waals surface area contributed by atoms with E-state index >= 15 is 0 Å². The molecule has 1 saturated heterocycles. The summed E-state index contributed by atoms with van der Waals surface area (Å²) in [6.07, 6.45) is 1.43. The average Bonchev–Trinajstić information content (AvgIpc) is 2.77. The molecule has 0 aromatic carbocycles. The molecule has 0 spiro atoms. The van der Waals surface area contributed by atoms with Gasteiger partial charge in [0.25, 0.3) is 0 Å². The van der Waals surface area contributed by atoms with Gasteiger partial charge < -0.3 is 10.2 Å². The molecule has 8 heteroatoms. The van der Waals surface area contributed by atoms with Crippen molar-refractivity contribution in [3.8, 4) is 0 Å². The minimum Gasteiger partial charge on any atom is -0.352 e. The van der Waals surface area contributed by atoms with Gasteiger partial charge in [-0.25, -0.2) is 0 Å². The zero-order chi connectivity index (χ0) is 10.7. The van der Waals surface area contributed by atoms with E-state index in [2.05, 4.69) is 37.5 Å². The minimum absolute atomic E-state index is 0. The number of hydrogen-bond donors (Lipinski definition) is 1. The number of tetrazole rings is 1. The van der Waals surface area contributed by atoms with Gasteiger partial charge in [0.2, 0.25) is 0 Å². The summed E-state index contributed by atoms with van der Waals surface area (Å²) >= 11 is 0. The number of hydrogen-bond acceptors (Lipinski definition) is 4. The van der Waals surface area contributed by atoms with Gasteiger partial charge in [-0.05, 0) is 12.1 Å². The number of halogens is 1. The maximum Gasteiger partial charge on any atom is 0.194 e. The van der Waals surface area contributed by atoms with Crippen LogP contribution in [0.1, 0.15) is 6.92 Å². The molecule has 1 fully saturated rings. The molecule has 0 aliphatic carbocycles. The molecule has 1 aliphatic rings. The first-order valence-electron chi connectivity index (χ1n) is 4.98. The fourth-order valence-corrected chi connectivity index (χ4v) is 1.58. The number of aromatic nitrogens is 4. The zero-order valence-electron chi connectivity index (χ0n) is 9.37. The predicted molar refractivity (Wildman–Crippen MR) is 70.8 cm³/mol.